The first kappa shape index (κ1) is 21.8. The maximum Gasteiger partial charge on any atom is 0.141 e. The number of anilines is 3. The molecule has 5 nitrogen and oxygen atoms in total. The van der Waals surface area contributed by atoms with Crippen molar-refractivity contribution in [2.24, 2.45) is 0 Å². The third-order valence-corrected chi connectivity index (χ3v) is 5.45. The lowest BCUT2D eigenvalue weighted by Gasteiger charge is -2.15. The van der Waals surface area contributed by atoms with Crippen LogP contribution >= 0.6 is 23.2 Å². The molecule has 0 atom stereocenters. The SMILES string of the molecule is COc1cc(OC)c(Cl)c(/C(C)=C/c2ccc(Nc3c(C)cccc3N)nc2)c1Cl. The number of ether oxygens (including phenoxy) is 2. The van der Waals surface area contributed by atoms with Crippen molar-refractivity contribution in [3.05, 3.63) is 69.3 Å². The number of allylic oxidation sites excluding steroid dienone is 1. The number of aromatic nitrogens is 1. The first-order chi connectivity index (χ1) is 14.3. The molecule has 0 bridgehead atoms. The number of aryl methyl sites for hydroxylation is 1. The zero-order valence-electron chi connectivity index (χ0n) is 17.2. The Morgan fingerprint density at radius 2 is 1.73 bits per heavy atom. The molecule has 2 aromatic carbocycles. The van der Waals surface area contributed by atoms with Crippen molar-refractivity contribution >= 4 is 52.0 Å². The van der Waals surface area contributed by atoms with Crippen LogP contribution in [0.15, 0.2) is 42.6 Å². The van der Waals surface area contributed by atoms with Crippen LogP contribution in [0.5, 0.6) is 11.5 Å². The highest BCUT2D eigenvalue weighted by Crippen LogP contribution is 2.44. The average molecular weight is 444 g/mol. The van der Waals surface area contributed by atoms with Gasteiger partial charge in [-0.25, -0.2) is 4.98 Å². The number of para-hydroxylation sites is 1. The van der Waals surface area contributed by atoms with Gasteiger partial charge in [0.1, 0.15) is 17.3 Å². The minimum absolute atomic E-state index is 0.429. The van der Waals surface area contributed by atoms with E-state index in [1.54, 1.807) is 26.5 Å². The smallest absolute Gasteiger partial charge is 0.141 e. The molecule has 0 aliphatic heterocycles. The van der Waals surface area contributed by atoms with E-state index in [1.165, 1.54) is 0 Å². The van der Waals surface area contributed by atoms with Crippen LogP contribution in [0.2, 0.25) is 10.0 Å². The predicted octanol–water partition coefficient (Wildman–Crippen LogP) is 6.60. The first-order valence-corrected chi connectivity index (χ1v) is 9.98. The second kappa shape index (κ2) is 9.28. The highest BCUT2D eigenvalue weighted by Gasteiger charge is 2.18. The van der Waals surface area contributed by atoms with Crippen molar-refractivity contribution in [2.75, 3.05) is 25.3 Å². The molecule has 3 N–H and O–H groups in total. The number of nitrogens with two attached hydrogens (primary N) is 1. The maximum atomic E-state index is 6.51. The topological polar surface area (TPSA) is 69.4 Å². The minimum Gasteiger partial charge on any atom is -0.495 e. The highest BCUT2D eigenvalue weighted by atomic mass is 35.5. The molecule has 30 heavy (non-hydrogen) atoms. The first-order valence-electron chi connectivity index (χ1n) is 9.22. The summed E-state index contributed by atoms with van der Waals surface area (Å²) in [4.78, 5) is 4.49. The third kappa shape index (κ3) is 4.48. The monoisotopic (exact) mass is 443 g/mol. The van der Waals surface area contributed by atoms with Gasteiger partial charge in [0, 0.05) is 17.8 Å². The van der Waals surface area contributed by atoms with E-state index in [2.05, 4.69) is 10.3 Å². The van der Waals surface area contributed by atoms with Crippen molar-refractivity contribution in [3.8, 4) is 11.5 Å². The van der Waals surface area contributed by atoms with Gasteiger partial charge >= 0.3 is 0 Å². The van der Waals surface area contributed by atoms with Crippen molar-refractivity contribution in [3.63, 3.8) is 0 Å². The molecular weight excluding hydrogens is 421 g/mol. The Kier molecular flexibility index (Phi) is 6.75. The van der Waals surface area contributed by atoms with Crippen LogP contribution < -0.4 is 20.5 Å². The van der Waals surface area contributed by atoms with Gasteiger partial charge in [-0.2, -0.15) is 0 Å². The molecule has 0 unspecified atom stereocenters. The van der Waals surface area contributed by atoms with Crippen molar-refractivity contribution in [2.45, 2.75) is 13.8 Å². The highest BCUT2D eigenvalue weighted by molar-refractivity contribution is 6.39. The standard InChI is InChI=1S/C23H23Cl2N3O2/c1-13-6-5-7-16(26)23(13)28-19-9-8-15(12-27-19)10-14(2)20-21(24)17(29-3)11-18(30-4)22(20)25/h5-12H,26H2,1-4H3,(H,27,28)/b14-10+. The average Bonchev–Trinajstić information content (AvgIpc) is 2.72. The molecule has 0 spiro atoms. The maximum absolute atomic E-state index is 6.51. The van der Waals surface area contributed by atoms with Gasteiger partial charge < -0.3 is 20.5 Å². The lowest BCUT2D eigenvalue weighted by molar-refractivity contribution is 0.394. The van der Waals surface area contributed by atoms with Gasteiger partial charge in [-0.15, -0.1) is 0 Å². The van der Waals surface area contributed by atoms with E-state index >= 15 is 0 Å². The number of hydrogen-bond acceptors (Lipinski definition) is 5. The molecule has 0 aliphatic carbocycles. The van der Waals surface area contributed by atoms with E-state index in [1.807, 2.05) is 50.3 Å². The lowest BCUT2D eigenvalue weighted by atomic mass is 10.0. The van der Waals surface area contributed by atoms with E-state index in [0.29, 0.717) is 38.6 Å². The van der Waals surface area contributed by atoms with E-state index in [4.69, 9.17) is 38.4 Å². The number of benzene rings is 2. The Labute approximate surface area is 186 Å². The molecule has 0 aliphatic rings. The molecule has 3 aromatic rings. The van der Waals surface area contributed by atoms with Gasteiger partial charge in [0.05, 0.1) is 35.6 Å². The molecule has 0 saturated heterocycles. The second-order valence-corrected chi connectivity index (χ2v) is 7.51. The van der Waals surface area contributed by atoms with Gasteiger partial charge in [0.2, 0.25) is 0 Å². The zero-order valence-corrected chi connectivity index (χ0v) is 18.7. The van der Waals surface area contributed by atoms with Crippen LogP contribution in [0.25, 0.3) is 11.6 Å². The Morgan fingerprint density at radius 1 is 1.07 bits per heavy atom. The fourth-order valence-corrected chi connectivity index (χ4v) is 3.91. The molecule has 0 saturated carbocycles. The van der Waals surface area contributed by atoms with E-state index in [9.17, 15) is 0 Å². The number of pyridine rings is 1. The summed E-state index contributed by atoms with van der Waals surface area (Å²) in [7, 11) is 3.10. The quantitative estimate of drug-likeness (QED) is 0.419. The number of hydrogen-bond donors (Lipinski definition) is 2. The van der Waals surface area contributed by atoms with Crippen LogP contribution in [-0.4, -0.2) is 19.2 Å². The van der Waals surface area contributed by atoms with Crippen LogP contribution in [0.1, 0.15) is 23.6 Å². The molecule has 0 radical (unpaired) electrons. The molecule has 7 heteroatoms. The molecule has 156 valence electrons. The van der Waals surface area contributed by atoms with Crippen LogP contribution in [-0.2, 0) is 0 Å². The lowest BCUT2D eigenvalue weighted by Crippen LogP contribution is -2.00. The van der Waals surface area contributed by atoms with Crippen molar-refractivity contribution in [1.82, 2.24) is 4.98 Å². The number of methoxy groups -OCH3 is 2. The molecule has 1 aromatic heterocycles. The minimum atomic E-state index is 0.429. The summed E-state index contributed by atoms with van der Waals surface area (Å²) in [5.74, 6) is 1.69. The van der Waals surface area contributed by atoms with E-state index in [0.717, 1.165) is 22.4 Å². The summed E-state index contributed by atoms with van der Waals surface area (Å²) in [5, 5.41) is 4.13. The Bertz CT molecular complexity index is 1050. The predicted molar refractivity (Wildman–Crippen MR) is 126 cm³/mol. The number of nitrogens with one attached hydrogen (secondary N) is 1. The fourth-order valence-electron chi connectivity index (χ4n) is 3.11. The van der Waals surface area contributed by atoms with Crippen LogP contribution in [0.4, 0.5) is 17.2 Å². The number of halogens is 2. The zero-order chi connectivity index (χ0) is 21.8. The van der Waals surface area contributed by atoms with Gasteiger partial charge in [0.15, 0.2) is 0 Å². The fraction of sp³-hybridized carbons (Fsp3) is 0.174. The summed E-state index contributed by atoms with van der Waals surface area (Å²) in [6, 6.07) is 11.3. The van der Waals surface area contributed by atoms with Gasteiger partial charge in [-0.3, -0.25) is 0 Å². The second-order valence-electron chi connectivity index (χ2n) is 6.75. The van der Waals surface area contributed by atoms with Crippen molar-refractivity contribution < 1.29 is 9.47 Å². The number of nitrogen functional groups attached to an aromatic ring is 1. The summed E-state index contributed by atoms with van der Waals surface area (Å²) in [6.07, 6.45) is 3.71. The Morgan fingerprint density at radius 3 is 2.27 bits per heavy atom. The molecule has 0 amide bonds. The Balaban J connectivity index is 1.91. The molecule has 3 rings (SSSR count). The normalized spacial score (nSPS) is 11.3. The summed E-state index contributed by atoms with van der Waals surface area (Å²) in [5.41, 5.74) is 11.0. The summed E-state index contributed by atoms with van der Waals surface area (Å²) in [6.45, 7) is 3.92. The van der Waals surface area contributed by atoms with E-state index in [-0.39, 0.29) is 0 Å². The van der Waals surface area contributed by atoms with Crippen LogP contribution in [0.3, 0.4) is 0 Å². The molecule has 0 fully saturated rings. The van der Waals surface area contributed by atoms with Crippen molar-refractivity contribution in [1.29, 1.82) is 0 Å². The number of nitrogens with zero attached hydrogens (tertiary/aromatic N) is 1. The largest absolute Gasteiger partial charge is 0.495 e. The van der Waals surface area contributed by atoms with Gasteiger partial charge in [-0.1, -0.05) is 35.3 Å². The summed E-state index contributed by atoms with van der Waals surface area (Å²) >= 11 is 13.0. The molecular formula is C23H23Cl2N3O2. The molecule has 1 heterocycles. The van der Waals surface area contributed by atoms with Gasteiger partial charge in [0.25, 0.3) is 0 Å². The Hall–Kier alpha value is -2.89. The van der Waals surface area contributed by atoms with Crippen LogP contribution in [0, 0.1) is 6.92 Å². The third-order valence-electron chi connectivity index (χ3n) is 4.70. The number of rotatable bonds is 6. The van der Waals surface area contributed by atoms with E-state index < -0.39 is 0 Å². The summed E-state index contributed by atoms with van der Waals surface area (Å²) < 4.78 is 10.7. The van der Waals surface area contributed by atoms with Gasteiger partial charge in [-0.05, 0) is 54.8 Å².